The molecule has 0 radical (unpaired) electrons. The minimum Gasteiger partial charge on any atom is -0.481 e. The monoisotopic (exact) mass is 347 g/mol. The Morgan fingerprint density at radius 2 is 1.92 bits per heavy atom. The van der Waals surface area contributed by atoms with Crippen LogP contribution in [0.25, 0.3) is 0 Å². The summed E-state index contributed by atoms with van der Waals surface area (Å²) in [7, 11) is 1.70. The van der Waals surface area contributed by atoms with E-state index in [2.05, 4.69) is 5.32 Å². The average molecular weight is 347 g/mol. The molecule has 0 unspecified atom stereocenters. The number of nitrogens with one attached hydrogen (secondary N) is 1. The van der Waals surface area contributed by atoms with Gasteiger partial charge in [0.15, 0.2) is 0 Å². The highest BCUT2D eigenvalue weighted by atomic mass is 16.4. The van der Waals surface area contributed by atoms with E-state index in [1.165, 1.54) is 0 Å². The molecule has 1 aliphatic heterocycles. The van der Waals surface area contributed by atoms with E-state index in [1.807, 2.05) is 37.3 Å². The Labute approximate surface area is 147 Å². The summed E-state index contributed by atoms with van der Waals surface area (Å²) in [6.45, 7) is 3.27. The molecule has 7 nitrogen and oxygen atoms in total. The largest absolute Gasteiger partial charge is 0.481 e. The zero-order chi connectivity index (χ0) is 18.4. The molecule has 1 saturated heterocycles. The van der Waals surface area contributed by atoms with E-state index in [4.69, 9.17) is 5.11 Å². The average Bonchev–Trinajstić information content (AvgIpc) is 2.97. The Morgan fingerprint density at radius 1 is 1.24 bits per heavy atom. The van der Waals surface area contributed by atoms with E-state index >= 15 is 0 Å². The number of likely N-dealkylation sites (tertiary alicyclic amines) is 1. The molecule has 1 aromatic rings. The molecule has 1 heterocycles. The third-order valence-corrected chi connectivity index (χ3v) is 4.51. The third-order valence-electron chi connectivity index (χ3n) is 4.51. The van der Waals surface area contributed by atoms with Crippen LogP contribution in [0.15, 0.2) is 30.3 Å². The topological polar surface area (TPSA) is 90.0 Å². The van der Waals surface area contributed by atoms with Gasteiger partial charge in [0.2, 0.25) is 5.91 Å². The van der Waals surface area contributed by atoms with Crippen LogP contribution < -0.4 is 5.32 Å². The summed E-state index contributed by atoms with van der Waals surface area (Å²) in [4.78, 5) is 38.5. The van der Waals surface area contributed by atoms with Crippen LogP contribution in [-0.4, -0.2) is 59.5 Å². The number of hydrogen-bond acceptors (Lipinski definition) is 3. The highest BCUT2D eigenvalue weighted by molar-refractivity contribution is 5.80. The fourth-order valence-electron chi connectivity index (χ4n) is 2.99. The highest BCUT2D eigenvalue weighted by Gasteiger charge is 2.36. The predicted octanol–water partition coefficient (Wildman–Crippen LogP) is 1.40. The summed E-state index contributed by atoms with van der Waals surface area (Å²) in [6.07, 6.45) is 0.171. The van der Waals surface area contributed by atoms with Crippen molar-refractivity contribution in [2.75, 3.05) is 26.7 Å². The van der Waals surface area contributed by atoms with E-state index in [0.717, 1.165) is 5.56 Å². The van der Waals surface area contributed by atoms with Gasteiger partial charge in [-0.15, -0.1) is 0 Å². The van der Waals surface area contributed by atoms with Gasteiger partial charge in [0.1, 0.15) is 0 Å². The molecular formula is C18H25N3O4. The lowest BCUT2D eigenvalue weighted by molar-refractivity contribution is -0.142. The first-order valence-corrected chi connectivity index (χ1v) is 8.42. The van der Waals surface area contributed by atoms with Gasteiger partial charge in [-0.25, -0.2) is 4.79 Å². The maximum Gasteiger partial charge on any atom is 0.317 e. The SMILES string of the molecule is C[C@@H]1CN(C(=O)CCNC(=O)N(C)Cc2ccccc2)C[C@H]1C(=O)O. The van der Waals surface area contributed by atoms with Gasteiger partial charge in [0.25, 0.3) is 0 Å². The molecule has 2 atom stereocenters. The maximum atomic E-state index is 12.2. The number of hydrogen-bond donors (Lipinski definition) is 2. The standard InChI is InChI=1S/C18H25N3O4/c1-13-10-21(12-15(13)17(23)24)16(22)8-9-19-18(25)20(2)11-14-6-4-3-5-7-14/h3-7,13,15H,8-12H2,1-2H3,(H,19,25)(H,23,24)/t13-,15-/m1/s1. The minimum atomic E-state index is -0.862. The predicted molar refractivity (Wildman–Crippen MR) is 92.8 cm³/mol. The van der Waals surface area contributed by atoms with Crippen molar-refractivity contribution in [1.29, 1.82) is 0 Å². The Kier molecular flexibility index (Phi) is 6.38. The van der Waals surface area contributed by atoms with Gasteiger partial charge in [-0.3, -0.25) is 9.59 Å². The zero-order valence-electron chi connectivity index (χ0n) is 14.6. The van der Waals surface area contributed by atoms with Crippen LogP contribution in [-0.2, 0) is 16.1 Å². The summed E-state index contributed by atoms with van der Waals surface area (Å²) < 4.78 is 0. The first-order valence-electron chi connectivity index (χ1n) is 8.42. The lowest BCUT2D eigenvalue weighted by Gasteiger charge is -2.19. The number of aliphatic carboxylic acids is 1. The van der Waals surface area contributed by atoms with Crippen LogP contribution in [0, 0.1) is 11.8 Å². The zero-order valence-corrected chi connectivity index (χ0v) is 14.6. The number of carbonyl (C=O) groups is 3. The first-order chi connectivity index (χ1) is 11.9. The first kappa shape index (κ1) is 18.8. The van der Waals surface area contributed by atoms with Crippen molar-refractivity contribution in [3.05, 3.63) is 35.9 Å². The summed E-state index contributed by atoms with van der Waals surface area (Å²) in [5.41, 5.74) is 1.03. The van der Waals surface area contributed by atoms with E-state index < -0.39 is 11.9 Å². The molecule has 0 saturated carbocycles. The molecule has 1 fully saturated rings. The molecule has 1 aliphatic rings. The van der Waals surface area contributed by atoms with E-state index in [-0.39, 0.29) is 37.4 Å². The van der Waals surface area contributed by atoms with E-state index in [9.17, 15) is 14.4 Å². The molecule has 25 heavy (non-hydrogen) atoms. The summed E-state index contributed by atoms with van der Waals surface area (Å²) in [5, 5.41) is 11.8. The number of carboxylic acid groups (broad SMARTS) is 1. The van der Waals surface area contributed by atoms with Gasteiger partial charge in [0, 0.05) is 39.6 Å². The van der Waals surface area contributed by atoms with Crippen molar-refractivity contribution in [3.8, 4) is 0 Å². The Bertz CT molecular complexity index is 620. The molecular weight excluding hydrogens is 322 g/mol. The second kappa shape index (κ2) is 8.50. The van der Waals surface area contributed by atoms with Crippen LogP contribution >= 0.6 is 0 Å². The van der Waals surface area contributed by atoms with Crippen molar-refractivity contribution in [1.82, 2.24) is 15.1 Å². The fraction of sp³-hybridized carbons (Fsp3) is 0.500. The lowest BCUT2D eigenvalue weighted by Crippen LogP contribution is -2.39. The molecule has 0 aliphatic carbocycles. The molecule has 2 rings (SSSR count). The number of urea groups is 1. The maximum absolute atomic E-state index is 12.2. The van der Waals surface area contributed by atoms with E-state index in [0.29, 0.717) is 13.1 Å². The molecule has 1 aromatic carbocycles. The Hall–Kier alpha value is -2.57. The van der Waals surface area contributed by atoms with Crippen LogP contribution in [0.3, 0.4) is 0 Å². The minimum absolute atomic E-state index is 0.0481. The van der Waals surface area contributed by atoms with Gasteiger partial charge < -0.3 is 20.2 Å². The number of carboxylic acids is 1. The molecule has 0 aromatic heterocycles. The van der Waals surface area contributed by atoms with Gasteiger partial charge in [-0.2, -0.15) is 0 Å². The van der Waals surface area contributed by atoms with E-state index in [1.54, 1.807) is 16.8 Å². The third kappa shape index (κ3) is 5.20. The van der Waals surface area contributed by atoms with Crippen molar-refractivity contribution < 1.29 is 19.5 Å². The lowest BCUT2D eigenvalue weighted by atomic mass is 9.99. The van der Waals surface area contributed by atoms with Gasteiger partial charge >= 0.3 is 12.0 Å². The molecule has 2 N–H and O–H groups in total. The number of benzene rings is 1. The summed E-state index contributed by atoms with van der Waals surface area (Å²) >= 11 is 0. The molecule has 3 amide bonds. The molecule has 136 valence electrons. The van der Waals surface area contributed by atoms with Crippen molar-refractivity contribution >= 4 is 17.9 Å². The normalized spacial score (nSPS) is 19.5. The van der Waals surface area contributed by atoms with Crippen LogP contribution in [0.2, 0.25) is 0 Å². The smallest absolute Gasteiger partial charge is 0.317 e. The number of rotatable bonds is 6. The second-order valence-corrected chi connectivity index (χ2v) is 6.54. The van der Waals surface area contributed by atoms with Crippen LogP contribution in [0.5, 0.6) is 0 Å². The highest BCUT2D eigenvalue weighted by Crippen LogP contribution is 2.23. The van der Waals surface area contributed by atoms with Gasteiger partial charge in [-0.05, 0) is 11.5 Å². The Balaban J connectivity index is 1.72. The van der Waals surface area contributed by atoms with Crippen LogP contribution in [0.4, 0.5) is 4.79 Å². The van der Waals surface area contributed by atoms with Crippen molar-refractivity contribution in [2.45, 2.75) is 19.9 Å². The molecule has 7 heteroatoms. The summed E-state index contributed by atoms with van der Waals surface area (Å²) in [5.74, 6) is -1.54. The quantitative estimate of drug-likeness (QED) is 0.814. The van der Waals surface area contributed by atoms with Crippen LogP contribution in [0.1, 0.15) is 18.9 Å². The molecule has 0 bridgehead atoms. The van der Waals surface area contributed by atoms with Gasteiger partial charge in [-0.1, -0.05) is 37.3 Å². The van der Waals surface area contributed by atoms with Gasteiger partial charge in [0.05, 0.1) is 5.92 Å². The fourth-order valence-corrected chi connectivity index (χ4v) is 2.99. The Morgan fingerprint density at radius 3 is 2.52 bits per heavy atom. The molecule has 0 spiro atoms. The van der Waals surface area contributed by atoms with Crippen molar-refractivity contribution in [3.63, 3.8) is 0 Å². The number of carbonyl (C=O) groups excluding carboxylic acids is 2. The number of nitrogens with zero attached hydrogens (tertiary/aromatic N) is 2. The summed E-state index contributed by atoms with van der Waals surface area (Å²) in [6, 6.07) is 9.41. The number of amides is 3. The second-order valence-electron chi connectivity index (χ2n) is 6.54. The van der Waals surface area contributed by atoms with Crippen molar-refractivity contribution in [2.24, 2.45) is 11.8 Å².